The summed E-state index contributed by atoms with van der Waals surface area (Å²) in [6.45, 7) is 3.55. The summed E-state index contributed by atoms with van der Waals surface area (Å²) < 4.78 is 9.88. The van der Waals surface area contributed by atoms with Gasteiger partial charge in [-0.15, -0.1) is 0 Å². The molecule has 0 aliphatic carbocycles. The van der Waals surface area contributed by atoms with Gasteiger partial charge in [0.05, 0.1) is 11.5 Å². The Morgan fingerprint density at radius 2 is 2.29 bits per heavy atom. The fourth-order valence-corrected chi connectivity index (χ4v) is 1.65. The first-order valence-corrected chi connectivity index (χ1v) is 6.28. The Balaban J connectivity index is 2.25. The summed E-state index contributed by atoms with van der Waals surface area (Å²) in [7, 11) is 0. The number of hydrogen-bond donors (Lipinski definition) is 0. The van der Waals surface area contributed by atoms with E-state index in [0.29, 0.717) is 5.56 Å². The highest BCUT2D eigenvalue weighted by Crippen LogP contribution is 2.23. The number of ether oxygens (including phenoxy) is 1. The van der Waals surface area contributed by atoms with E-state index < -0.39 is 16.8 Å². The lowest BCUT2D eigenvalue weighted by atomic mass is 10.1. The van der Waals surface area contributed by atoms with Crippen molar-refractivity contribution in [2.45, 2.75) is 19.8 Å². The van der Waals surface area contributed by atoms with Gasteiger partial charge in [-0.25, -0.2) is 0 Å². The van der Waals surface area contributed by atoms with Crippen LogP contribution in [0.4, 0.5) is 5.69 Å². The number of nitro groups is 1. The van der Waals surface area contributed by atoms with E-state index in [1.165, 1.54) is 18.2 Å². The van der Waals surface area contributed by atoms with Crippen LogP contribution in [-0.4, -0.2) is 27.6 Å². The standard InChI is InChI=1S/C13H13N3O5/c1-3-20-13(17)8(2)12-14-11(15-21-12)9-5-4-6-10(7-9)16(18)19/h4-8H,3H2,1-2H3. The van der Waals surface area contributed by atoms with E-state index in [0.717, 1.165) is 0 Å². The van der Waals surface area contributed by atoms with Gasteiger partial charge in [0.2, 0.25) is 11.7 Å². The summed E-state index contributed by atoms with van der Waals surface area (Å²) in [5, 5.41) is 14.5. The Morgan fingerprint density at radius 3 is 2.95 bits per heavy atom. The van der Waals surface area contributed by atoms with Gasteiger partial charge in [0.15, 0.2) is 0 Å². The van der Waals surface area contributed by atoms with Crippen molar-refractivity contribution in [2.24, 2.45) is 0 Å². The lowest BCUT2D eigenvalue weighted by Gasteiger charge is -2.04. The fourth-order valence-electron chi connectivity index (χ4n) is 1.65. The molecule has 1 aromatic carbocycles. The van der Waals surface area contributed by atoms with Crippen molar-refractivity contribution >= 4 is 11.7 Å². The summed E-state index contributed by atoms with van der Waals surface area (Å²) in [5.41, 5.74) is 0.368. The Hall–Kier alpha value is -2.77. The van der Waals surface area contributed by atoms with Crippen LogP contribution in [0.2, 0.25) is 0 Å². The number of hydrogen-bond acceptors (Lipinski definition) is 7. The van der Waals surface area contributed by atoms with Gasteiger partial charge in [0.1, 0.15) is 5.92 Å². The molecule has 21 heavy (non-hydrogen) atoms. The first-order chi connectivity index (χ1) is 10.0. The van der Waals surface area contributed by atoms with Crippen molar-refractivity contribution in [1.82, 2.24) is 10.1 Å². The van der Waals surface area contributed by atoms with Crippen LogP contribution in [-0.2, 0) is 9.53 Å². The molecule has 8 heteroatoms. The number of nitrogens with zero attached hydrogens (tertiary/aromatic N) is 3. The first-order valence-electron chi connectivity index (χ1n) is 6.28. The topological polar surface area (TPSA) is 108 Å². The zero-order valence-electron chi connectivity index (χ0n) is 11.5. The first kappa shape index (κ1) is 14.6. The number of esters is 1. The van der Waals surface area contributed by atoms with Crippen molar-refractivity contribution in [3.8, 4) is 11.4 Å². The number of non-ortho nitro benzene ring substituents is 1. The van der Waals surface area contributed by atoms with Crippen LogP contribution >= 0.6 is 0 Å². The van der Waals surface area contributed by atoms with Gasteiger partial charge in [-0.2, -0.15) is 4.98 Å². The highest BCUT2D eigenvalue weighted by atomic mass is 16.6. The van der Waals surface area contributed by atoms with Gasteiger partial charge >= 0.3 is 5.97 Å². The minimum atomic E-state index is -0.690. The van der Waals surface area contributed by atoms with Crippen LogP contribution in [0.5, 0.6) is 0 Å². The number of benzene rings is 1. The lowest BCUT2D eigenvalue weighted by molar-refractivity contribution is -0.384. The molecule has 1 heterocycles. The summed E-state index contributed by atoms with van der Waals surface area (Å²) in [6.07, 6.45) is 0. The van der Waals surface area contributed by atoms with Crippen LogP contribution in [0.15, 0.2) is 28.8 Å². The Labute approximate surface area is 119 Å². The second-order valence-corrected chi connectivity index (χ2v) is 4.24. The van der Waals surface area contributed by atoms with E-state index in [2.05, 4.69) is 10.1 Å². The van der Waals surface area contributed by atoms with Gasteiger partial charge in [-0.1, -0.05) is 17.3 Å². The molecule has 2 rings (SSSR count). The molecule has 8 nitrogen and oxygen atoms in total. The van der Waals surface area contributed by atoms with E-state index in [-0.39, 0.29) is 24.0 Å². The monoisotopic (exact) mass is 291 g/mol. The molecule has 0 saturated heterocycles. The molecule has 1 atom stereocenters. The normalized spacial score (nSPS) is 11.9. The number of carbonyl (C=O) groups excluding carboxylic acids is 1. The van der Waals surface area contributed by atoms with E-state index in [4.69, 9.17) is 9.26 Å². The minimum Gasteiger partial charge on any atom is -0.465 e. The molecule has 0 saturated carbocycles. The Kier molecular flexibility index (Phi) is 4.27. The zero-order valence-corrected chi connectivity index (χ0v) is 11.5. The van der Waals surface area contributed by atoms with Crippen molar-refractivity contribution in [3.05, 3.63) is 40.3 Å². The van der Waals surface area contributed by atoms with E-state index >= 15 is 0 Å². The maximum Gasteiger partial charge on any atom is 0.318 e. The molecule has 0 aliphatic heterocycles. The van der Waals surface area contributed by atoms with Crippen LogP contribution in [0.3, 0.4) is 0 Å². The van der Waals surface area contributed by atoms with E-state index in [1.54, 1.807) is 19.9 Å². The van der Waals surface area contributed by atoms with Crippen LogP contribution in [0, 0.1) is 10.1 Å². The number of nitro benzene ring substituents is 1. The summed E-state index contributed by atoms with van der Waals surface area (Å²) in [6, 6.07) is 5.85. The summed E-state index contributed by atoms with van der Waals surface area (Å²) in [5.74, 6) is -0.864. The third kappa shape index (κ3) is 3.22. The predicted molar refractivity (Wildman–Crippen MR) is 71.4 cm³/mol. The van der Waals surface area contributed by atoms with Crippen molar-refractivity contribution in [2.75, 3.05) is 6.61 Å². The molecule has 0 N–H and O–H groups in total. The predicted octanol–water partition coefficient (Wildman–Crippen LogP) is 2.31. The maximum absolute atomic E-state index is 11.6. The van der Waals surface area contributed by atoms with E-state index in [1.807, 2.05) is 0 Å². The SMILES string of the molecule is CCOC(=O)C(C)c1nc(-c2cccc([N+](=O)[O-])c2)no1. The quantitative estimate of drug-likeness (QED) is 0.472. The summed E-state index contributed by atoms with van der Waals surface area (Å²) >= 11 is 0. The number of aromatic nitrogens is 2. The molecular weight excluding hydrogens is 278 g/mol. The molecule has 0 spiro atoms. The largest absolute Gasteiger partial charge is 0.465 e. The zero-order chi connectivity index (χ0) is 15.4. The number of carbonyl (C=O) groups is 1. The maximum atomic E-state index is 11.6. The second kappa shape index (κ2) is 6.12. The smallest absolute Gasteiger partial charge is 0.318 e. The average Bonchev–Trinajstić information content (AvgIpc) is 2.96. The van der Waals surface area contributed by atoms with Crippen LogP contribution < -0.4 is 0 Å². The molecule has 110 valence electrons. The van der Waals surface area contributed by atoms with Crippen LogP contribution in [0.25, 0.3) is 11.4 Å². The van der Waals surface area contributed by atoms with Gasteiger partial charge in [0, 0.05) is 17.7 Å². The summed E-state index contributed by atoms with van der Waals surface area (Å²) in [4.78, 5) is 25.9. The molecule has 0 radical (unpaired) electrons. The lowest BCUT2D eigenvalue weighted by Crippen LogP contribution is -2.13. The number of rotatable bonds is 5. The highest BCUT2D eigenvalue weighted by molar-refractivity contribution is 5.76. The van der Waals surface area contributed by atoms with Crippen LogP contribution in [0.1, 0.15) is 25.7 Å². The second-order valence-electron chi connectivity index (χ2n) is 4.24. The molecule has 0 bridgehead atoms. The average molecular weight is 291 g/mol. The van der Waals surface area contributed by atoms with E-state index in [9.17, 15) is 14.9 Å². The Bertz CT molecular complexity index is 667. The molecule has 2 aromatic rings. The molecule has 1 unspecified atom stereocenters. The van der Waals surface area contributed by atoms with Crippen molar-refractivity contribution in [1.29, 1.82) is 0 Å². The van der Waals surface area contributed by atoms with Gasteiger partial charge < -0.3 is 9.26 Å². The molecule has 0 aliphatic rings. The van der Waals surface area contributed by atoms with Gasteiger partial charge in [-0.05, 0) is 13.8 Å². The molecule has 0 amide bonds. The van der Waals surface area contributed by atoms with Crippen molar-refractivity contribution < 1.29 is 19.0 Å². The highest BCUT2D eigenvalue weighted by Gasteiger charge is 2.23. The molecule has 1 aromatic heterocycles. The Morgan fingerprint density at radius 1 is 1.52 bits per heavy atom. The van der Waals surface area contributed by atoms with Crippen molar-refractivity contribution in [3.63, 3.8) is 0 Å². The molecular formula is C13H13N3O5. The third-order valence-electron chi connectivity index (χ3n) is 2.77. The minimum absolute atomic E-state index is 0.0720. The van der Waals surface area contributed by atoms with Gasteiger partial charge in [0.25, 0.3) is 5.69 Å². The molecule has 0 fully saturated rings. The fraction of sp³-hybridized carbons (Fsp3) is 0.308. The third-order valence-corrected chi connectivity index (χ3v) is 2.77. The van der Waals surface area contributed by atoms with Gasteiger partial charge in [-0.3, -0.25) is 14.9 Å².